The molecule has 1 aliphatic carbocycles. The normalized spacial score (nSPS) is 27.4. The molecule has 7 nitrogen and oxygen atoms in total. The van der Waals surface area contributed by atoms with Crippen LogP contribution in [-0.2, 0) is 4.79 Å². The fourth-order valence-electron chi connectivity index (χ4n) is 4.38. The van der Waals surface area contributed by atoms with E-state index in [2.05, 4.69) is 59.9 Å². The minimum Gasteiger partial charge on any atom is -0.372 e. The van der Waals surface area contributed by atoms with Crippen molar-refractivity contribution >= 4 is 12.1 Å². The molecule has 1 amide bonds. The Labute approximate surface area is 178 Å². The number of nitrogens with one attached hydrogen (secondary N) is 3. The van der Waals surface area contributed by atoms with E-state index in [4.69, 9.17) is 5.41 Å². The van der Waals surface area contributed by atoms with Crippen molar-refractivity contribution in [3.8, 4) is 0 Å². The van der Waals surface area contributed by atoms with Crippen molar-refractivity contribution in [2.24, 2.45) is 0 Å². The van der Waals surface area contributed by atoms with E-state index in [1.54, 1.807) is 0 Å². The molecule has 162 valence electrons. The number of unbranched alkanes of at least 4 members (excludes halogenated alkanes) is 1. The second kappa shape index (κ2) is 8.49. The second-order valence-electron chi connectivity index (χ2n) is 8.93. The maximum atomic E-state index is 12.6. The van der Waals surface area contributed by atoms with Crippen LogP contribution >= 0.6 is 0 Å². The van der Waals surface area contributed by atoms with Crippen LogP contribution in [0.1, 0.15) is 56.2 Å². The maximum Gasteiger partial charge on any atom is 0.235 e. The molecule has 2 heterocycles. The molecule has 2 fully saturated rings. The molecule has 3 aliphatic rings. The van der Waals surface area contributed by atoms with Crippen LogP contribution in [0, 0.1) is 12.3 Å². The number of aliphatic hydroxyl groups is 1. The molecular formula is C23H33N5O2. The molecule has 1 aromatic rings. The van der Waals surface area contributed by atoms with Gasteiger partial charge >= 0.3 is 0 Å². The zero-order valence-corrected chi connectivity index (χ0v) is 17.9. The summed E-state index contributed by atoms with van der Waals surface area (Å²) in [6.45, 7) is 5.01. The van der Waals surface area contributed by atoms with Gasteiger partial charge in [-0.05, 0) is 37.8 Å². The standard InChI is InChI=1S/C23H33N5O2/c1-3-4-5-18-13-27(14-21(29)25-23(15-24)10-11-23)22(30)20-12-19(26-28(18)20)17-8-6-16(2)7-9-17/h6-9,12,15,18-19,22,24,26,30H,3-5,10-11,13-14H2,1-2H3,(H,25,29). The molecule has 2 aliphatic heterocycles. The molecule has 3 unspecified atom stereocenters. The van der Waals surface area contributed by atoms with Crippen LogP contribution in [0.3, 0.4) is 0 Å². The van der Waals surface area contributed by atoms with Crippen molar-refractivity contribution in [1.82, 2.24) is 20.7 Å². The number of piperazine rings is 1. The fraction of sp³-hybridized carbons (Fsp3) is 0.565. The van der Waals surface area contributed by atoms with Gasteiger partial charge in [-0.15, -0.1) is 0 Å². The summed E-state index contributed by atoms with van der Waals surface area (Å²) < 4.78 is 0. The largest absolute Gasteiger partial charge is 0.372 e. The Morgan fingerprint density at radius 2 is 2.10 bits per heavy atom. The zero-order chi connectivity index (χ0) is 21.3. The number of benzene rings is 1. The maximum absolute atomic E-state index is 12.6. The van der Waals surface area contributed by atoms with Gasteiger partial charge in [0.25, 0.3) is 0 Å². The van der Waals surface area contributed by atoms with Gasteiger partial charge in [-0.1, -0.05) is 49.6 Å². The summed E-state index contributed by atoms with van der Waals surface area (Å²) in [7, 11) is 0. The Bertz CT molecular complexity index is 817. The van der Waals surface area contributed by atoms with Gasteiger partial charge in [0.05, 0.1) is 29.9 Å². The lowest BCUT2D eigenvalue weighted by Crippen LogP contribution is -2.60. The van der Waals surface area contributed by atoms with Gasteiger partial charge in [0.15, 0.2) is 0 Å². The molecule has 0 aromatic heterocycles. The first-order chi connectivity index (χ1) is 14.4. The molecule has 0 radical (unpaired) electrons. The lowest BCUT2D eigenvalue weighted by atomic mass is 10.0. The Morgan fingerprint density at radius 1 is 1.37 bits per heavy atom. The third-order valence-corrected chi connectivity index (χ3v) is 6.44. The topological polar surface area (TPSA) is 91.7 Å². The number of carbonyl (C=O) groups is 1. The Morgan fingerprint density at radius 3 is 2.73 bits per heavy atom. The lowest BCUT2D eigenvalue weighted by Gasteiger charge is -2.45. The van der Waals surface area contributed by atoms with Gasteiger partial charge in [0.2, 0.25) is 5.91 Å². The van der Waals surface area contributed by atoms with Gasteiger partial charge in [-0.25, -0.2) is 5.43 Å². The molecule has 0 bridgehead atoms. The summed E-state index contributed by atoms with van der Waals surface area (Å²) in [5.41, 5.74) is 6.34. The Balaban J connectivity index is 1.51. The average molecular weight is 412 g/mol. The molecule has 4 rings (SSSR count). The number of amides is 1. The fourth-order valence-corrected chi connectivity index (χ4v) is 4.38. The molecule has 0 spiro atoms. The summed E-state index contributed by atoms with van der Waals surface area (Å²) in [5.74, 6) is -0.126. The number of aryl methyl sites for hydroxylation is 1. The predicted molar refractivity (Wildman–Crippen MR) is 117 cm³/mol. The van der Waals surface area contributed by atoms with Crippen LogP contribution in [-0.4, -0.2) is 58.0 Å². The van der Waals surface area contributed by atoms with Crippen molar-refractivity contribution in [2.45, 2.75) is 69.8 Å². The Kier molecular flexibility index (Phi) is 5.95. The summed E-state index contributed by atoms with van der Waals surface area (Å²) in [4.78, 5) is 14.4. The van der Waals surface area contributed by atoms with Crippen molar-refractivity contribution in [2.75, 3.05) is 13.1 Å². The van der Waals surface area contributed by atoms with Crippen molar-refractivity contribution in [3.63, 3.8) is 0 Å². The van der Waals surface area contributed by atoms with E-state index in [1.165, 1.54) is 11.8 Å². The minimum absolute atomic E-state index is 0.0146. The highest BCUT2D eigenvalue weighted by Crippen LogP contribution is 2.35. The van der Waals surface area contributed by atoms with Gasteiger partial charge in [-0.2, -0.15) is 0 Å². The van der Waals surface area contributed by atoms with E-state index in [-0.39, 0.29) is 24.5 Å². The van der Waals surface area contributed by atoms with Crippen LogP contribution in [0.2, 0.25) is 0 Å². The van der Waals surface area contributed by atoms with E-state index in [9.17, 15) is 9.90 Å². The van der Waals surface area contributed by atoms with E-state index < -0.39 is 11.8 Å². The third kappa shape index (κ3) is 4.29. The van der Waals surface area contributed by atoms with Gasteiger partial charge in [0.1, 0.15) is 6.23 Å². The summed E-state index contributed by atoms with van der Waals surface area (Å²) in [6.07, 6.45) is 7.43. The molecule has 1 saturated carbocycles. The highest BCUT2D eigenvalue weighted by atomic mass is 16.3. The van der Waals surface area contributed by atoms with Crippen LogP contribution in [0.5, 0.6) is 0 Å². The molecule has 7 heteroatoms. The quantitative estimate of drug-likeness (QED) is 0.493. The molecule has 30 heavy (non-hydrogen) atoms. The summed E-state index contributed by atoms with van der Waals surface area (Å²) in [5, 5.41) is 23.7. The predicted octanol–water partition coefficient (Wildman–Crippen LogP) is 2.23. The summed E-state index contributed by atoms with van der Waals surface area (Å²) >= 11 is 0. The minimum atomic E-state index is -0.827. The van der Waals surface area contributed by atoms with Gasteiger partial charge in [0, 0.05) is 12.8 Å². The first kappa shape index (κ1) is 21.0. The van der Waals surface area contributed by atoms with Crippen LogP contribution in [0.25, 0.3) is 0 Å². The van der Waals surface area contributed by atoms with E-state index in [0.29, 0.717) is 6.54 Å². The number of rotatable bonds is 8. The zero-order valence-electron chi connectivity index (χ0n) is 17.9. The lowest BCUT2D eigenvalue weighted by molar-refractivity contribution is -0.128. The van der Waals surface area contributed by atoms with E-state index in [1.807, 2.05) is 4.90 Å². The average Bonchev–Trinajstić information content (AvgIpc) is 3.36. The van der Waals surface area contributed by atoms with Crippen molar-refractivity contribution < 1.29 is 9.90 Å². The molecular weight excluding hydrogens is 378 g/mol. The number of hydrazine groups is 1. The van der Waals surface area contributed by atoms with Crippen molar-refractivity contribution in [1.29, 1.82) is 5.41 Å². The van der Waals surface area contributed by atoms with Crippen LogP contribution < -0.4 is 10.7 Å². The van der Waals surface area contributed by atoms with Crippen LogP contribution in [0.15, 0.2) is 36.0 Å². The number of fused-ring (bicyclic) bond motifs is 1. The van der Waals surface area contributed by atoms with Gasteiger partial charge < -0.3 is 20.8 Å². The third-order valence-electron chi connectivity index (χ3n) is 6.44. The van der Waals surface area contributed by atoms with Gasteiger partial charge in [-0.3, -0.25) is 9.69 Å². The second-order valence-corrected chi connectivity index (χ2v) is 8.93. The highest BCUT2D eigenvalue weighted by Gasteiger charge is 2.44. The highest BCUT2D eigenvalue weighted by molar-refractivity contribution is 5.85. The first-order valence-electron chi connectivity index (χ1n) is 11.0. The number of carbonyl (C=O) groups excluding carboxylic acids is 1. The number of aliphatic hydroxyl groups excluding tert-OH is 1. The molecule has 1 aromatic carbocycles. The first-order valence-corrected chi connectivity index (χ1v) is 11.0. The van der Waals surface area contributed by atoms with Crippen LogP contribution in [0.4, 0.5) is 0 Å². The SMILES string of the molecule is CCCCC1CN(CC(=O)NC2(C=N)CC2)C(O)C2=CC(c3ccc(C)cc3)NN21. The number of nitrogens with zero attached hydrogens (tertiary/aromatic N) is 2. The molecule has 3 atom stereocenters. The Hall–Kier alpha value is -2.22. The van der Waals surface area contributed by atoms with Crippen molar-refractivity contribution in [3.05, 3.63) is 47.2 Å². The molecule has 4 N–H and O–H groups in total. The monoisotopic (exact) mass is 411 g/mol. The summed E-state index contributed by atoms with van der Waals surface area (Å²) in [6, 6.07) is 8.65. The number of hydrogen-bond acceptors (Lipinski definition) is 6. The van der Waals surface area contributed by atoms with E-state index in [0.717, 1.165) is 43.4 Å². The molecule has 1 saturated heterocycles. The smallest absolute Gasteiger partial charge is 0.235 e. The number of hydrogen-bond donors (Lipinski definition) is 4. The van der Waals surface area contributed by atoms with E-state index >= 15 is 0 Å².